The first kappa shape index (κ1) is 14.2. The summed E-state index contributed by atoms with van der Waals surface area (Å²) in [7, 11) is 1.83. The fourth-order valence-electron chi connectivity index (χ4n) is 2.48. The number of nitrogens with zero attached hydrogens (tertiary/aromatic N) is 2. The van der Waals surface area contributed by atoms with Gasteiger partial charge in [-0.2, -0.15) is 16.9 Å². The highest BCUT2D eigenvalue weighted by atomic mass is 32.2. The summed E-state index contributed by atoms with van der Waals surface area (Å²) in [6.07, 6.45) is 6.44. The molecule has 2 amide bonds. The third-order valence-electron chi connectivity index (χ3n) is 3.32. The molecule has 2 atom stereocenters. The Morgan fingerprint density at radius 2 is 2.42 bits per heavy atom. The maximum Gasteiger partial charge on any atom is 0.320 e. The third kappa shape index (κ3) is 4.45. The molecule has 0 radical (unpaired) electrons. The summed E-state index contributed by atoms with van der Waals surface area (Å²) in [4.78, 5) is 11.9. The number of aromatic nitrogens is 2. The molecule has 19 heavy (non-hydrogen) atoms. The Bertz CT molecular complexity index is 419. The molecule has 106 valence electrons. The number of aryl methyl sites for hydroxylation is 1. The zero-order chi connectivity index (χ0) is 13.7. The first-order valence-electron chi connectivity index (χ1n) is 6.86. The summed E-state index contributed by atoms with van der Waals surface area (Å²) in [5.74, 6) is 1.74. The number of rotatable bonds is 4. The van der Waals surface area contributed by atoms with Crippen LogP contribution in [0.15, 0.2) is 12.3 Å². The van der Waals surface area contributed by atoms with Gasteiger partial charge in [0.15, 0.2) is 5.82 Å². The number of amides is 2. The summed E-state index contributed by atoms with van der Waals surface area (Å²) < 4.78 is 1.67. The van der Waals surface area contributed by atoms with Crippen molar-refractivity contribution in [1.82, 2.24) is 15.1 Å². The molecule has 1 saturated carbocycles. The highest BCUT2D eigenvalue weighted by Gasteiger charge is 2.23. The van der Waals surface area contributed by atoms with Crippen molar-refractivity contribution in [2.45, 2.75) is 43.9 Å². The predicted octanol–water partition coefficient (Wildman–Crippen LogP) is 2.61. The Morgan fingerprint density at radius 1 is 1.58 bits per heavy atom. The van der Waals surface area contributed by atoms with Gasteiger partial charge in [-0.05, 0) is 25.0 Å². The van der Waals surface area contributed by atoms with Crippen LogP contribution in [0.3, 0.4) is 0 Å². The minimum Gasteiger partial charge on any atom is -0.335 e. The van der Waals surface area contributed by atoms with Gasteiger partial charge in [0.1, 0.15) is 0 Å². The number of anilines is 1. The number of urea groups is 1. The van der Waals surface area contributed by atoms with Crippen LogP contribution in [0.1, 0.15) is 32.6 Å². The molecule has 0 spiro atoms. The zero-order valence-electron chi connectivity index (χ0n) is 11.6. The number of carbonyl (C=O) groups is 1. The van der Waals surface area contributed by atoms with Gasteiger partial charge in [-0.1, -0.05) is 13.3 Å². The lowest BCUT2D eigenvalue weighted by atomic mass is 9.95. The van der Waals surface area contributed by atoms with E-state index in [2.05, 4.69) is 22.7 Å². The highest BCUT2D eigenvalue weighted by molar-refractivity contribution is 7.99. The van der Waals surface area contributed by atoms with Gasteiger partial charge < -0.3 is 5.32 Å². The van der Waals surface area contributed by atoms with Gasteiger partial charge in [0.05, 0.1) is 0 Å². The van der Waals surface area contributed by atoms with Crippen LogP contribution in [0.5, 0.6) is 0 Å². The van der Waals surface area contributed by atoms with Crippen molar-refractivity contribution in [1.29, 1.82) is 0 Å². The number of hydrogen-bond acceptors (Lipinski definition) is 3. The van der Waals surface area contributed by atoms with E-state index in [-0.39, 0.29) is 6.03 Å². The summed E-state index contributed by atoms with van der Waals surface area (Å²) in [5, 5.41) is 10.6. The van der Waals surface area contributed by atoms with Crippen molar-refractivity contribution in [2.75, 3.05) is 11.1 Å². The molecule has 1 aliphatic carbocycles. The monoisotopic (exact) mass is 282 g/mol. The van der Waals surface area contributed by atoms with Gasteiger partial charge >= 0.3 is 6.03 Å². The lowest BCUT2D eigenvalue weighted by molar-refractivity contribution is 0.244. The minimum absolute atomic E-state index is 0.147. The maximum absolute atomic E-state index is 11.9. The molecule has 1 heterocycles. The topological polar surface area (TPSA) is 59.0 Å². The van der Waals surface area contributed by atoms with Gasteiger partial charge in [-0.25, -0.2) is 4.79 Å². The molecular formula is C13H22N4OS. The van der Waals surface area contributed by atoms with E-state index in [4.69, 9.17) is 0 Å². The Morgan fingerprint density at radius 3 is 3.11 bits per heavy atom. The highest BCUT2D eigenvalue weighted by Crippen LogP contribution is 2.28. The number of carbonyl (C=O) groups excluding carboxylic acids is 1. The molecule has 0 aliphatic heterocycles. The normalized spacial score (nSPS) is 23.1. The van der Waals surface area contributed by atoms with Crippen molar-refractivity contribution in [3.8, 4) is 0 Å². The molecule has 0 bridgehead atoms. The number of thioether (sulfide) groups is 1. The van der Waals surface area contributed by atoms with Gasteiger partial charge in [0.25, 0.3) is 0 Å². The second-order valence-electron chi connectivity index (χ2n) is 4.91. The van der Waals surface area contributed by atoms with Crippen molar-refractivity contribution >= 4 is 23.6 Å². The Hall–Kier alpha value is -1.17. The summed E-state index contributed by atoms with van der Waals surface area (Å²) in [5.41, 5.74) is 0. The standard InChI is InChI=1S/C13H22N4OS/c1-3-19-11-6-4-5-10(9-11)14-13(18)15-12-7-8-17(2)16-12/h7-8,10-11H,3-6,9H2,1-2H3,(H2,14,15,16,18)/t10-,11+/m1/s1. The summed E-state index contributed by atoms with van der Waals surface area (Å²) in [6, 6.07) is 1.93. The van der Waals surface area contributed by atoms with Crippen LogP contribution in [-0.4, -0.2) is 32.9 Å². The van der Waals surface area contributed by atoms with Crippen LogP contribution in [-0.2, 0) is 7.05 Å². The maximum atomic E-state index is 11.9. The molecule has 1 aromatic heterocycles. The van der Waals surface area contributed by atoms with E-state index in [1.807, 2.05) is 25.0 Å². The minimum atomic E-state index is -0.147. The first-order valence-corrected chi connectivity index (χ1v) is 7.91. The average Bonchev–Trinajstić information content (AvgIpc) is 2.75. The molecule has 1 fully saturated rings. The molecule has 1 aromatic rings. The van der Waals surface area contributed by atoms with E-state index in [0.29, 0.717) is 17.1 Å². The van der Waals surface area contributed by atoms with E-state index in [1.165, 1.54) is 12.8 Å². The predicted molar refractivity (Wildman–Crippen MR) is 79.5 cm³/mol. The van der Waals surface area contributed by atoms with Crippen molar-refractivity contribution in [3.63, 3.8) is 0 Å². The van der Waals surface area contributed by atoms with Gasteiger partial charge in [0, 0.05) is 30.6 Å². The van der Waals surface area contributed by atoms with Crippen molar-refractivity contribution < 1.29 is 4.79 Å². The molecule has 6 heteroatoms. The van der Waals surface area contributed by atoms with Crippen LogP contribution in [0, 0.1) is 0 Å². The van der Waals surface area contributed by atoms with Crippen LogP contribution in [0.25, 0.3) is 0 Å². The molecule has 0 unspecified atom stereocenters. The molecular weight excluding hydrogens is 260 g/mol. The number of hydrogen-bond donors (Lipinski definition) is 2. The molecule has 5 nitrogen and oxygen atoms in total. The fourth-order valence-corrected chi connectivity index (χ4v) is 3.66. The van der Waals surface area contributed by atoms with Gasteiger partial charge in [-0.3, -0.25) is 10.00 Å². The molecule has 0 saturated heterocycles. The fraction of sp³-hybridized carbons (Fsp3) is 0.692. The Labute approximate surface area is 118 Å². The van der Waals surface area contributed by atoms with E-state index in [0.717, 1.165) is 18.6 Å². The largest absolute Gasteiger partial charge is 0.335 e. The van der Waals surface area contributed by atoms with E-state index in [1.54, 1.807) is 10.7 Å². The van der Waals surface area contributed by atoms with Crippen LogP contribution in [0.2, 0.25) is 0 Å². The molecule has 2 rings (SSSR count). The smallest absolute Gasteiger partial charge is 0.320 e. The van der Waals surface area contributed by atoms with Gasteiger partial charge in [-0.15, -0.1) is 0 Å². The second-order valence-corrected chi connectivity index (χ2v) is 6.49. The Balaban J connectivity index is 1.78. The van der Waals surface area contributed by atoms with E-state index >= 15 is 0 Å². The molecule has 2 N–H and O–H groups in total. The quantitative estimate of drug-likeness (QED) is 0.892. The average molecular weight is 282 g/mol. The lowest BCUT2D eigenvalue weighted by Gasteiger charge is -2.29. The van der Waals surface area contributed by atoms with Crippen LogP contribution in [0.4, 0.5) is 10.6 Å². The zero-order valence-corrected chi connectivity index (χ0v) is 12.4. The summed E-state index contributed by atoms with van der Waals surface area (Å²) in [6.45, 7) is 2.19. The molecule has 0 aromatic carbocycles. The number of nitrogens with one attached hydrogen (secondary N) is 2. The van der Waals surface area contributed by atoms with Crippen molar-refractivity contribution in [3.05, 3.63) is 12.3 Å². The van der Waals surface area contributed by atoms with Crippen LogP contribution < -0.4 is 10.6 Å². The Kier molecular flexibility index (Phi) is 5.13. The van der Waals surface area contributed by atoms with E-state index in [9.17, 15) is 4.79 Å². The lowest BCUT2D eigenvalue weighted by Crippen LogP contribution is -2.41. The van der Waals surface area contributed by atoms with Gasteiger partial charge in [0.2, 0.25) is 0 Å². The van der Waals surface area contributed by atoms with Crippen molar-refractivity contribution in [2.24, 2.45) is 7.05 Å². The SMILES string of the molecule is CCS[C@H]1CCC[C@@H](NC(=O)Nc2ccn(C)n2)C1. The third-order valence-corrected chi connectivity index (χ3v) is 4.55. The second kappa shape index (κ2) is 6.84. The summed E-state index contributed by atoms with van der Waals surface area (Å²) >= 11 is 2.00. The van der Waals surface area contributed by atoms with E-state index < -0.39 is 0 Å². The molecule has 1 aliphatic rings. The van der Waals surface area contributed by atoms with Crippen LogP contribution >= 0.6 is 11.8 Å². The first-order chi connectivity index (χ1) is 9.17.